The number of aliphatic imine (C=N–C) groups is 1. The molecule has 1 atom stereocenters. The molecule has 20 heavy (non-hydrogen) atoms. The first-order valence-corrected chi connectivity index (χ1v) is 6.30. The van der Waals surface area contributed by atoms with Gasteiger partial charge in [-0.25, -0.2) is 0 Å². The van der Waals surface area contributed by atoms with Crippen molar-refractivity contribution in [2.45, 2.75) is 31.5 Å². The van der Waals surface area contributed by atoms with Crippen LogP contribution in [-0.2, 0) is 12.8 Å². The fourth-order valence-electron chi connectivity index (χ4n) is 2.13. The van der Waals surface area contributed by atoms with Gasteiger partial charge in [-0.05, 0) is 42.5 Å². The van der Waals surface area contributed by atoms with E-state index in [4.69, 9.17) is 10.8 Å². The zero-order valence-electron chi connectivity index (χ0n) is 10.7. The van der Waals surface area contributed by atoms with Gasteiger partial charge in [0, 0.05) is 5.69 Å². The van der Waals surface area contributed by atoms with Crippen molar-refractivity contribution in [1.29, 1.82) is 0 Å². The van der Waals surface area contributed by atoms with Crippen LogP contribution >= 0.6 is 0 Å². The highest BCUT2D eigenvalue weighted by molar-refractivity contribution is 5.92. The minimum absolute atomic E-state index is 0.147. The number of nitrogens with zero attached hydrogens (tertiary/aromatic N) is 1. The maximum Gasteiger partial charge on any atom is 0.416 e. The van der Waals surface area contributed by atoms with E-state index in [1.807, 2.05) is 18.2 Å². The van der Waals surface area contributed by atoms with Crippen molar-refractivity contribution in [2.75, 3.05) is 11.9 Å². The van der Waals surface area contributed by atoms with E-state index in [0.29, 0.717) is 5.69 Å². The second kappa shape index (κ2) is 5.70. The minimum Gasteiger partial charge on any atom is -0.382 e. The summed E-state index contributed by atoms with van der Waals surface area (Å²) in [6.45, 7) is -0.812. The molecule has 2 rings (SSSR count). The standard InChI is InChI=1S/C13H16F3N3O/c14-13(15,16)11(20)7-18-12(17)19-10-5-4-8-2-1-3-9(8)6-10/h4-6,11,20H,1-3,7H2,(H3,17,18,19). The molecule has 7 heteroatoms. The number of halogens is 3. The van der Waals surface area contributed by atoms with E-state index >= 15 is 0 Å². The van der Waals surface area contributed by atoms with Gasteiger partial charge in [-0.15, -0.1) is 0 Å². The number of aliphatic hydroxyl groups excluding tert-OH is 1. The number of hydrogen-bond acceptors (Lipinski definition) is 2. The average molecular weight is 287 g/mol. The van der Waals surface area contributed by atoms with E-state index < -0.39 is 18.8 Å². The van der Waals surface area contributed by atoms with Crippen LogP contribution in [0.15, 0.2) is 23.2 Å². The van der Waals surface area contributed by atoms with Crippen molar-refractivity contribution >= 4 is 11.6 Å². The van der Waals surface area contributed by atoms with Gasteiger partial charge in [0.2, 0.25) is 0 Å². The Labute approximate surface area is 114 Å². The summed E-state index contributed by atoms with van der Waals surface area (Å²) in [6.07, 6.45) is -4.02. The third kappa shape index (κ3) is 3.63. The van der Waals surface area contributed by atoms with Gasteiger partial charge in [0.15, 0.2) is 12.1 Å². The van der Waals surface area contributed by atoms with Crippen molar-refractivity contribution in [1.82, 2.24) is 0 Å². The molecule has 0 bridgehead atoms. The molecule has 4 nitrogen and oxygen atoms in total. The van der Waals surface area contributed by atoms with Crippen LogP contribution in [0.3, 0.4) is 0 Å². The van der Waals surface area contributed by atoms with Gasteiger partial charge in [0.25, 0.3) is 0 Å². The lowest BCUT2D eigenvalue weighted by atomic mass is 10.1. The fourth-order valence-corrected chi connectivity index (χ4v) is 2.13. The van der Waals surface area contributed by atoms with Crippen molar-refractivity contribution < 1.29 is 18.3 Å². The topological polar surface area (TPSA) is 70.6 Å². The van der Waals surface area contributed by atoms with E-state index in [9.17, 15) is 13.2 Å². The summed E-state index contributed by atoms with van der Waals surface area (Å²) in [5, 5.41) is 11.5. The summed E-state index contributed by atoms with van der Waals surface area (Å²) in [4.78, 5) is 3.49. The normalized spacial score (nSPS) is 16.9. The first-order valence-electron chi connectivity index (χ1n) is 6.30. The zero-order valence-corrected chi connectivity index (χ0v) is 10.7. The second-order valence-electron chi connectivity index (χ2n) is 4.75. The molecule has 0 radical (unpaired) electrons. The highest BCUT2D eigenvalue weighted by Crippen LogP contribution is 2.24. The monoisotopic (exact) mass is 287 g/mol. The molecule has 0 fully saturated rings. The van der Waals surface area contributed by atoms with Crippen LogP contribution in [0.25, 0.3) is 0 Å². The molecule has 1 unspecified atom stereocenters. The Morgan fingerprint density at radius 3 is 2.75 bits per heavy atom. The molecular formula is C13H16F3N3O. The third-order valence-corrected chi connectivity index (χ3v) is 3.18. The number of aliphatic hydroxyl groups is 1. The molecule has 1 aromatic carbocycles. The lowest BCUT2D eigenvalue weighted by Gasteiger charge is -2.13. The third-order valence-electron chi connectivity index (χ3n) is 3.18. The van der Waals surface area contributed by atoms with Crippen molar-refractivity contribution in [2.24, 2.45) is 10.7 Å². The number of aryl methyl sites for hydroxylation is 2. The molecule has 0 aromatic heterocycles. The van der Waals surface area contributed by atoms with Crippen LogP contribution in [0.2, 0.25) is 0 Å². The number of alkyl halides is 3. The molecule has 0 spiro atoms. The van der Waals surface area contributed by atoms with Gasteiger partial charge in [0.1, 0.15) is 0 Å². The maximum atomic E-state index is 12.1. The minimum atomic E-state index is -4.68. The number of nitrogens with two attached hydrogens (primary N) is 1. The average Bonchev–Trinajstić information content (AvgIpc) is 2.82. The number of nitrogens with one attached hydrogen (secondary N) is 1. The predicted octanol–water partition coefficient (Wildman–Crippen LogP) is 1.83. The number of rotatable bonds is 3. The Balaban J connectivity index is 1.96. The lowest BCUT2D eigenvalue weighted by Crippen LogP contribution is -2.33. The van der Waals surface area contributed by atoms with Gasteiger partial charge >= 0.3 is 6.18 Å². The largest absolute Gasteiger partial charge is 0.416 e. The molecule has 0 aliphatic heterocycles. The Hall–Kier alpha value is -1.76. The highest BCUT2D eigenvalue weighted by atomic mass is 19.4. The Kier molecular flexibility index (Phi) is 4.17. The molecule has 0 heterocycles. The van der Waals surface area contributed by atoms with Crippen molar-refractivity contribution in [3.63, 3.8) is 0 Å². The molecule has 4 N–H and O–H groups in total. The highest BCUT2D eigenvalue weighted by Gasteiger charge is 2.37. The Morgan fingerprint density at radius 1 is 1.35 bits per heavy atom. The summed E-state index contributed by atoms with van der Waals surface area (Å²) in [7, 11) is 0. The first-order chi connectivity index (χ1) is 9.36. The molecule has 0 amide bonds. The number of anilines is 1. The van der Waals surface area contributed by atoms with Crippen molar-refractivity contribution in [3.8, 4) is 0 Å². The summed E-state index contributed by atoms with van der Waals surface area (Å²) in [6, 6.07) is 5.71. The number of fused-ring (bicyclic) bond motifs is 1. The van der Waals surface area contributed by atoms with Crippen LogP contribution in [0.1, 0.15) is 17.5 Å². The smallest absolute Gasteiger partial charge is 0.382 e. The second-order valence-corrected chi connectivity index (χ2v) is 4.75. The summed E-state index contributed by atoms with van der Waals surface area (Å²) < 4.78 is 36.3. The van der Waals surface area contributed by atoms with Crippen LogP contribution < -0.4 is 11.1 Å². The fraction of sp³-hybridized carbons (Fsp3) is 0.462. The summed E-state index contributed by atoms with van der Waals surface area (Å²) in [5.41, 5.74) is 8.70. The number of hydrogen-bond donors (Lipinski definition) is 3. The molecule has 110 valence electrons. The van der Waals surface area contributed by atoms with Gasteiger partial charge in [-0.3, -0.25) is 4.99 Å². The summed E-state index contributed by atoms with van der Waals surface area (Å²) in [5.74, 6) is -0.147. The maximum absolute atomic E-state index is 12.1. The first kappa shape index (κ1) is 14.6. The Bertz CT molecular complexity index is 514. The molecule has 0 saturated heterocycles. The lowest BCUT2D eigenvalue weighted by molar-refractivity contribution is -0.199. The van der Waals surface area contributed by atoms with E-state index in [1.54, 1.807) is 0 Å². The number of guanidine groups is 1. The van der Waals surface area contributed by atoms with Crippen LogP contribution in [-0.4, -0.2) is 29.9 Å². The van der Waals surface area contributed by atoms with E-state index in [2.05, 4.69) is 10.3 Å². The van der Waals surface area contributed by atoms with Crippen LogP contribution in [0.5, 0.6) is 0 Å². The molecule has 1 aliphatic rings. The zero-order chi connectivity index (χ0) is 14.8. The Morgan fingerprint density at radius 2 is 2.05 bits per heavy atom. The quantitative estimate of drug-likeness (QED) is 0.586. The summed E-state index contributed by atoms with van der Waals surface area (Å²) >= 11 is 0. The molecule has 1 aromatic rings. The van der Waals surface area contributed by atoms with Crippen molar-refractivity contribution in [3.05, 3.63) is 29.3 Å². The SMILES string of the molecule is NC(=NCC(O)C(F)(F)F)Nc1ccc2c(c1)CCC2. The van der Waals surface area contributed by atoms with Crippen LogP contribution in [0.4, 0.5) is 18.9 Å². The van der Waals surface area contributed by atoms with Gasteiger partial charge in [-0.1, -0.05) is 6.07 Å². The molecule has 0 saturated carbocycles. The van der Waals surface area contributed by atoms with E-state index in [0.717, 1.165) is 19.3 Å². The number of benzene rings is 1. The van der Waals surface area contributed by atoms with Gasteiger partial charge < -0.3 is 16.2 Å². The molecular weight excluding hydrogens is 271 g/mol. The van der Waals surface area contributed by atoms with Crippen LogP contribution in [0, 0.1) is 0 Å². The predicted molar refractivity (Wildman–Crippen MR) is 70.6 cm³/mol. The van der Waals surface area contributed by atoms with Gasteiger partial charge in [0.05, 0.1) is 6.54 Å². The van der Waals surface area contributed by atoms with E-state index in [-0.39, 0.29) is 5.96 Å². The molecule has 1 aliphatic carbocycles. The van der Waals surface area contributed by atoms with E-state index in [1.165, 1.54) is 11.1 Å². The van der Waals surface area contributed by atoms with Gasteiger partial charge in [-0.2, -0.15) is 13.2 Å².